The second kappa shape index (κ2) is 7.67. The average Bonchev–Trinajstić information content (AvgIpc) is 2.70. The number of nitrogens with one attached hydrogen (secondary N) is 1. The van der Waals surface area contributed by atoms with E-state index in [4.69, 9.17) is 4.98 Å². The van der Waals surface area contributed by atoms with Crippen LogP contribution >= 0.6 is 0 Å². The summed E-state index contributed by atoms with van der Waals surface area (Å²) in [5.74, 6) is 1.35. The number of benzene rings is 1. The van der Waals surface area contributed by atoms with Crippen LogP contribution in [0.25, 0.3) is 21.8 Å². The first kappa shape index (κ1) is 18.0. The minimum atomic E-state index is 0.0795. The summed E-state index contributed by atoms with van der Waals surface area (Å²) in [6.45, 7) is 5.31. The van der Waals surface area contributed by atoms with Crippen molar-refractivity contribution in [2.24, 2.45) is 5.92 Å². The highest BCUT2D eigenvalue weighted by molar-refractivity contribution is 6.04. The number of anilines is 1. The zero-order chi connectivity index (χ0) is 18.8. The Morgan fingerprint density at radius 2 is 1.85 bits per heavy atom. The fourth-order valence-corrected chi connectivity index (χ4v) is 4.18. The largest absolute Gasteiger partial charge is 0.354 e. The van der Waals surface area contributed by atoms with Gasteiger partial charge in [-0.25, -0.2) is 4.98 Å². The third kappa shape index (κ3) is 3.43. The number of aromatic nitrogens is 3. The Balaban J connectivity index is 1.89. The van der Waals surface area contributed by atoms with Crippen molar-refractivity contribution in [2.45, 2.75) is 58.4 Å². The standard InChI is InChI=1S/C22H28N4O/c1-3-4-13-23-22-24-14-19-17-7-5-6-8-18(17)21(27)26(20(19)25-22)16-11-9-15(2)10-12-16/h5-8,14-16H,3-4,9-13H2,1-2H3,(H,23,24,25). The maximum atomic E-state index is 13.4. The van der Waals surface area contributed by atoms with E-state index < -0.39 is 0 Å². The molecule has 0 amide bonds. The molecule has 2 aromatic heterocycles. The van der Waals surface area contributed by atoms with Gasteiger partial charge in [0.25, 0.3) is 5.56 Å². The van der Waals surface area contributed by atoms with Gasteiger partial charge < -0.3 is 5.32 Å². The molecule has 0 atom stereocenters. The number of unbranched alkanes of at least 4 members (excludes halogenated alkanes) is 1. The van der Waals surface area contributed by atoms with Gasteiger partial charge >= 0.3 is 0 Å². The molecule has 0 spiro atoms. The zero-order valence-corrected chi connectivity index (χ0v) is 16.2. The molecule has 27 heavy (non-hydrogen) atoms. The second-order valence-electron chi connectivity index (χ2n) is 7.85. The van der Waals surface area contributed by atoms with E-state index in [0.717, 1.165) is 72.8 Å². The van der Waals surface area contributed by atoms with Gasteiger partial charge in [0.05, 0.1) is 0 Å². The summed E-state index contributed by atoms with van der Waals surface area (Å²) < 4.78 is 1.95. The minimum Gasteiger partial charge on any atom is -0.354 e. The molecule has 1 aromatic carbocycles. The van der Waals surface area contributed by atoms with Crippen LogP contribution in [0.3, 0.4) is 0 Å². The van der Waals surface area contributed by atoms with Gasteiger partial charge in [-0.05, 0) is 49.5 Å². The van der Waals surface area contributed by atoms with Crippen LogP contribution in [0.5, 0.6) is 0 Å². The van der Waals surface area contributed by atoms with E-state index in [1.165, 1.54) is 0 Å². The van der Waals surface area contributed by atoms with Crippen molar-refractivity contribution < 1.29 is 0 Å². The molecular weight excluding hydrogens is 336 g/mol. The topological polar surface area (TPSA) is 59.8 Å². The van der Waals surface area contributed by atoms with Gasteiger partial charge in [0.15, 0.2) is 0 Å². The molecule has 1 fully saturated rings. The Hall–Kier alpha value is -2.43. The lowest BCUT2D eigenvalue weighted by atomic mass is 9.87. The Labute approximate surface area is 159 Å². The van der Waals surface area contributed by atoms with E-state index in [1.807, 2.05) is 35.0 Å². The molecule has 1 aliphatic rings. The molecule has 1 aliphatic carbocycles. The first-order valence-corrected chi connectivity index (χ1v) is 10.2. The Kier molecular flexibility index (Phi) is 5.10. The van der Waals surface area contributed by atoms with Gasteiger partial charge in [0.2, 0.25) is 5.95 Å². The van der Waals surface area contributed by atoms with E-state index in [2.05, 4.69) is 24.1 Å². The van der Waals surface area contributed by atoms with E-state index >= 15 is 0 Å². The molecule has 0 radical (unpaired) electrons. The lowest BCUT2D eigenvalue weighted by molar-refractivity contribution is 0.290. The second-order valence-corrected chi connectivity index (χ2v) is 7.85. The molecule has 3 aromatic rings. The van der Waals surface area contributed by atoms with Crippen LogP contribution in [0.15, 0.2) is 35.3 Å². The Morgan fingerprint density at radius 1 is 1.11 bits per heavy atom. The highest BCUT2D eigenvalue weighted by Gasteiger charge is 2.24. The minimum absolute atomic E-state index is 0.0795. The molecule has 0 aliphatic heterocycles. The zero-order valence-electron chi connectivity index (χ0n) is 16.2. The van der Waals surface area contributed by atoms with E-state index in [9.17, 15) is 4.79 Å². The first-order chi connectivity index (χ1) is 13.2. The van der Waals surface area contributed by atoms with Crippen LogP contribution in [0, 0.1) is 5.92 Å². The molecule has 0 unspecified atom stereocenters. The monoisotopic (exact) mass is 364 g/mol. The van der Waals surface area contributed by atoms with E-state index in [-0.39, 0.29) is 11.6 Å². The summed E-state index contributed by atoms with van der Waals surface area (Å²) in [4.78, 5) is 22.7. The molecule has 1 saturated carbocycles. The predicted octanol–water partition coefficient (Wildman–Crippen LogP) is 4.91. The van der Waals surface area contributed by atoms with Gasteiger partial charge in [-0.3, -0.25) is 9.36 Å². The third-order valence-electron chi connectivity index (χ3n) is 5.83. The van der Waals surface area contributed by atoms with Gasteiger partial charge in [-0.15, -0.1) is 0 Å². The summed E-state index contributed by atoms with van der Waals surface area (Å²) in [7, 11) is 0. The van der Waals surface area contributed by atoms with Crippen LogP contribution < -0.4 is 10.9 Å². The maximum Gasteiger partial charge on any atom is 0.260 e. The van der Waals surface area contributed by atoms with E-state index in [1.54, 1.807) is 0 Å². The summed E-state index contributed by atoms with van der Waals surface area (Å²) in [5.41, 5.74) is 0.850. The number of nitrogens with zero attached hydrogens (tertiary/aromatic N) is 3. The Bertz CT molecular complexity index is 1000. The highest BCUT2D eigenvalue weighted by atomic mass is 16.1. The number of pyridine rings is 1. The number of rotatable bonds is 5. The Morgan fingerprint density at radius 3 is 2.59 bits per heavy atom. The smallest absolute Gasteiger partial charge is 0.260 e. The predicted molar refractivity (Wildman–Crippen MR) is 111 cm³/mol. The van der Waals surface area contributed by atoms with Gasteiger partial charge in [0, 0.05) is 29.6 Å². The average molecular weight is 364 g/mol. The molecule has 2 heterocycles. The van der Waals surface area contributed by atoms with Gasteiger partial charge in [-0.2, -0.15) is 4.98 Å². The molecule has 0 bridgehead atoms. The van der Waals surface area contributed by atoms with Gasteiger partial charge in [0.1, 0.15) is 5.65 Å². The number of hydrogen-bond acceptors (Lipinski definition) is 4. The summed E-state index contributed by atoms with van der Waals surface area (Å²) in [6.07, 6.45) is 8.48. The first-order valence-electron chi connectivity index (χ1n) is 10.2. The molecule has 5 heteroatoms. The van der Waals surface area contributed by atoms with Crippen LogP contribution in [0.1, 0.15) is 58.4 Å². The SMILES string of the molecule is CCCCNc1ncc2c3ccccc3c(=O)n(C3CCC(C)CC3)c2n1. The highest BCUT2D eigenvalue weighted by Crippen LogP contribution is 2.33. The van der Waals surface area contributed by atoms with Crippen molar-refractivity contribution >= 4 is 27.8 Å². The number of hydrogen-bond donors (Lipinski definition) is 1. The maximum absolute atomic E-state index is 13.4. The van der Waals surface area contributed by atoms with Crippen molar-refractivity contribution in [1.82, 2.24) is 14.5 Å². The number of fused-ring (bicyclic) bond motifs is 3. The van der Waals surface area contributed by atoms with Crippen molar-refractivity contribution in [3.63, 3.8) is 0 Å². The van der Waals surface area contributed by atoms with Crippen LogP contribution in [-0.2, 0) is 0 Å². The molecule has 142 valence electrons. The quantitative estimate of drug-likeness (QED) is 0.516. The van der Waals surface area contributed by atoms with Gasteiger partial charge in [-0.1, -0.05) is 38.5 Å². The van der Waals surface area contributed by atoms with Crippen LogP contribution in [0.4, 0.5) is 5.95 Å². The van der Waals surface area contributed by atoms with Crippen molar-refractivity contribution in [3.05, 3.63) is 40.8 Å². The van der Waals surface area contributed by atoms with Crippen molar-refractivity contribution in [3.8, 4) is 0 Å². The normalized spacial score (nSPS) is 20.2. The molecule has 5 nitrogen and oxygen atoms in total. The lowest BCUT2D eigenvalue weighted by Gasteiger charge is -2.29. The lowest BCUT2D eigenvalue weighted by Crippen LogP contribution is -2.29. The van der Waals surface area contributed by atoms with Crippen molar-refractivity contribution in [1.29, 1.82) is 0 Å². The van der Waals surface area contributed by atoms with Crippen LogP contribution in [0.2, 0.25) is 0 Å². The molecule has 4 rings (SSSR count). The fourth-order valence-electron chi connectivity index (χ4n) is 4.18. The van der Waals surface area contributed by atoms with E-state index in [0.29, 0.717) is 5.95 Å². The third-order valence-corrected chi connectivity index (χ3v) is 5.83. The fraction of sp³-hybridized carbons (Fsp3) is 0.500. The van der Waals surface area contributed by atoms with Crippen LogP contribution in [-0.4, -0.2) is 21.1 Å². The summed E-state index contributed by atoms with van der Waals surface area (Å²) >= 11 is 0. The molecule has 1 N–H and O–H groups in total. The molecular formula is C22H28N4O. The summed E-state index contributed by atoms with van der Waals surface area (Å²) in [6, 6.07) is 8.05. The molecule has 0 saturated heterocycles. The summed E-state index contributed by atoms with van der Waals surface area (Å²) in [5, 5.41) is 5.97. The van der Waals surface area contributed by atoms with Crippen molar-refractivity contribution in [2.75, 3.05) is 11.9 Å².